The Balaban J connectivity index is 1.72. The fourth-order valence-corrected chi connectivity index (χ4v) is 3.69. The van der Waals surface area contributed by atoms with E-state index in [1.807, 2.05) is 25.1 Å². The molecule has 1 aromatic heterocycles. The van der Waals surface area contributed by atoms with Gasteiger partial charge in [-0.25, -0.2) is 0 Å². The minimum atomic E-state index is -0.567. The number of nitrogens with zero attached hydrogens (tertiary/aromatic N) is 1. The summed E-state index contributed by atoms with van der Waals surface area (Å²) in [5.74, 6) is -0.0831. The standard InChI is InChI=1S/C20H22ClN5O/c1-2-5-23-20(27)19(16-7-14(21)8-18-17(16)11-24-26-18)25-15-4-3-12-9-22-10-13(12)6-15/h3-4,6-8,11,19,22,25H,2,5,9-10H2,1H3,(H,23,27)(H,24,26)/t19-/m1/s1. The first kappa shape index (κ1) is 17.8. The van der Waals surface area contributed by atoms with Gasteiger partial charge in [0, 0.05) is 35.7 Å². The van der Waals surface area contributed by atoms with E-state index in [1.165, 1.54) is 11.1 Å². The van der Waals surface area contributed by atoms with Crippen LogP contribution >= 0.6 is 11.6 Å². The summed E-state index contributed by atoms with van der Waals surface area (Å²) in [6, 6.07) is 9.30. The van der Waals surface area contributed by atoms with E-state index in [0.29, 0.717) is 11.6 Å². The lowest BCUT2D eigenvalue weighted by Crippen LogP contribution is -2.34. The maximum Gasteiger partial charge on any atom is 0.247 e. The summed E-state index contributed by atoms with van der Waals surface area (Å²) in [5, 5.41) is 18.2. The largest absolute Gasteiger partial charge is 0.370 e. The first-order valence-corrected chi connectivity index (χ1v) is 9.53. The summed E-state index contributed by atoms with van der Waals surface area (Å²) in [7, 11) is 0. The van der Waals surface area contributed by atoms with Crippen LogP contribution in [-0.2, 0) is 17.9 Å². The summed E-state index contributed by atoms with van der Waals surface area (Å²) in [6.07, 6.45) is 2.61. The van der Waals surface area contributed by atoms with Crippen molar-refractivity contribution in [1.82, 2.24) is 20.8 Å². The van der Waals surface area contributed by atoms with Gasteiger partial charge in [0.05, 0.1) is 11.7 Å². The van der Waals surface area contributed by atoms with E-state index >= 15 is 0 Å². The van der Waals surface area contributed by atoms with Crippen LogP contribution in [0.2, 0.25) is 5.02 Å². The third-order valence-electron chi connectivity index (χ3n) is 4.83. The van der Waals surface area contributed by atoms with Crippen molar-refractivity contribution in [2.75, 3.05) is 11.9 Å². The molecule has 1 aliphatic heterocycles. The topological polar surface area (TPSA) is 81.8 Å². The zero-order valence-corrected chi connectivity index (χ0v) is 15.9. The Morgan fingerprint density at radius 3 is 2.96 bits per heavy atom. The molecule has 0 radical (unpaired) electrons. The molecule has 1 aliphatic rings. The third-order valence-corrected chi connectivity index (χ3v) is 5.04. The summed E-state index contributed by atoms with van der Waals surface area (Å²) in [5.41, 5.74) is 5.08. The van der Waals surface area contributed by atoms with E-state index < -0.39 is 6.04 Å². The number of aromatic amines is 1. The van der Waals surface area contributed by atoms with E-state index in [1.54, 1.807) is 6.20 Å². The molecular formula is C20H22ClN5O. The highest BCUT2D eigenvalue weighted by atomic mass is 35.5. The minimum Gasteiger partial charge on any atom is -0.370 e. The van der Waals surface area contributed by atoms with Gasteiger partial charge >= 0.3 is 0 Å². The Bertz CT molecular complexity index is 984. The molecule has 0 saturated heterocycles. The van der Waals surface area contributed by atoms with Crippen LogP contribution in [0.3, 0.4) is 0 Å². The van der Waals surface area contributed by atoms with Crippen LogP contribution in [0.1, 0.15) is 36.1 Å². The average Bonchev–Trinajstić information content (AvgIpc) is 3.32. The van der Waals surface area contributed by atoms with Crippen LogP contribution in [-0.4, -0.2) is 22.6 Å². The summed E-state index contributed by atoms with van der Waals surface area (Å²) >= 11 is 6.30. The minimum absolute atomic E-state index is 0.0831. The highest BCUT2D eigenvalue weighted by Gasteiger charge is 2.24. The Kier molecular flexibility index (Phi) is 5.01. The van der Waals surface area contributed by atoms with Gasteiger partial charge in [-0.2, -0.15) is 5.10 Å². The number of fused-ring (bicyclic) bond motifs is 2. The van der Waals surface area contributed by atoms with E-state index in [-0.39, 0.29) is 5.91 Å². The molecule has 140 valence electrons. The van der Waals surface area contributed by atoms with Gasteiger partial charge in [0.1, 0.15) is 6.04 Å². The summed E-state index contributed by atoms with van der Waals surface area (Å²) in [6.45, 7) is 4.39. The number of rotatable bonds is 6. The van der Waals surface area contributed by atoms with Crippen molar-refractivity contribution in [2.45, 2.75) is 32.5 Å². The SMILES string of the molecule is CCCNC(=O)[C@H](Nc1ccc2c(c1)CNC2)c1cc(Cl)cc2[nH]ncc12. The number of H-pyrrole nitrogens is 1. The number of nitrogens with one attached hydrogen (secondary N) is 4. The molecule has 2 heterocycles. The number of aromatic nitrogens is 2. The molecule has 1 atom stereocenters. The number of halogens is 1. The number of carbonyl (C=O) groups is 1. The summed E-state index contributed by atoms with van der Waals surface area (Å²) < 4.78 is 0. The number of amides is 1. The van der Waals surface area contributed by atoms with Gasteiger partial charge in [-0.3, -0.25) is 9.89 Å². The quantitative estimate of drug-likeness (QED) is 0.525. The lowest BCUT2D eigenvalue weighted by Gasteiger charge is -2.21. The molecule has 6 nitrogen and oxygen atoms in total. The van der Waals surface area contributed by atoms with Gasteiger partial charge in [0.25, 0.3) is 0 Å². The Morgan fingerprint density at radius 1 is 1.26 bits per heavy atom. The molecule has 0 unspecified atom stereocenters. The van der Waals surface area contributed by atoms with Crippen molar-refractivity contribution in [3.05, 3.63) is 58.2 Å². The zero-order valence-electron chi connectivity index (χ0n) is 15.1. The molecule has 7 heteroatoms. The van der Waals surface area contributed by atoms with Gasteiger partial charge in [-0.1, -0.05) is 24.6 Å². The number of anilines is 1. The van der Waals surface area contributed by atoms with Gasteiger partial charge < -0.3 is 16.0 Å². The molecule has 4 rings (SSSR count). The first-order chi connectivity index (χ1) is 13.2. The highest BCUT2D eigenvalue weighted by molar-refractivity contribution is 6.31. The highest BCUT2D eigenvalue weighted by Crippen LogP contribution is 2.31. The molecule has 0 spiro atoms. The second kappa shape index (κ2) is 7.58. The van der Waals surface area contributed by atoms with Gasteiger partial charge in [-0.05, 0) is 47.4 Å². The van der Waals surface area contributed by atoms with Crippen LogP contribution in [0.5, 0.6) is 0 Å². The number of carbonyl (C=O) groups excluding carboxylic acids is 1. The van der Waals surface area contributed by atoms with Crippen molar-refractivity contribution in [1.29, 1.82) is 0 Å². The van der Waals surface area contributed by atoms with Crippen molar-refractivity contribution in [3.63, 3.8) is 0 Å². The first-order valence-electron chi connectivity index (χ1n) is 9.15. The van der Waals surface area contributed by atoms with E-state index in [9.17, 15) is 4.79 Å². The van der Waals surface area contributed by atoms with Crippen molar-refractivity contribution < 1.29 is 4.79 Å². The molecule has 0 saturated carbocycles. The third kappa shape index (κ3) is 3.63. The van der Waals surface area contributed by atoms with Gasteiger partial charge in [-0.15, -0.1) is 0 Å². The fraction of sp³-hybridized carbons (Fsp3) is 0.300. The molecule has 1 amide bonds. The second-order valence-electron chi connectivity index (χ2n) is 6.78. The molecule has 2 aromatic carbocycles. The van der Waals surface area contributed by atoms with Crippen LogP contribution in [0, 0.1) is 0 Å². The molecule has 3 aromatic rings. The van der Waals surface area contributed by atoms with E-state index in [2.05, 4.69) is 38.3 Å². The predicted molar refractivity (Wildman–Crippen MR) is 108 cm³/mol. The smallest absolute Gasteiger partial charge is 0.247 e. The Labute approximate surface area is 162 Å². The van der Waals surface area contributed by atoms with E-state index in [4.69, 9.17) is 11.6 Å². The number of hydrogen-bond donors (Lipinski definition) is 4. The maximum absolute atomic E-state index is 13.0. The Morgan fingerprint density at radius 2 is 2.11 bits per heavy atom. The zero-order chi connectivity index (χ0) is 18.8. The molecule has 4 N–H and O–H groups in total. The van der Waals surface area contributed by atoms with Crippen LogP contribution in [0.15, 0.2) is 36.5 Å². The van der Waals surface area contributed by atoms with Crippen molar-refractivity contribution in [2.24, 2.45) is 0 Å². The molecular weight excluding hydrogens is 362 g/mol. The van der Waals surface area contributed by atoms with E-state index in [0.717, 1.165) is 41.7 Å². The van der Waals surface area contributed by atoms with Crippen molar-refractivity contribution >= 4 is 34.1 Å². The molecule has 0 bridgehead atoms. The van der Waals surface area contributed by atoms with Crippen LogP contribution in [0.25, 0.3) is 10.9 Å². The molecule has 27 heavy (non-hydrogen) atoms. The van der Waals surface area contributed by atoms with Gasteiger partial charge in [0.15, 0.2) is 0 Å². The predicted octanol–water partition coefficient (Wildman–Crippen LogP) is 3.50. The molecule has 0 aliphatic carbocycles. The lowest BCUT2D eigenvalue weighted by molar-refractivity contribution is -0.121. The number of hydrogen-bond acceptors (Lipinski definition) is 4. The Hall–Kier alpha value is -2.57. The van der Waals surface area contributed by atoms with Crippen LogP contribution < -0.4 is 16.0 Å². The normalized spacial score (nSPS) is 14.1. The van der Waals surface area contributed by atoms with Crippen molar-refractivity contribution in [3.8, 4) is 0 Å². The number of benzene rings is 2. The summed E-state index contributed by atoms with van der Waals surface area (Å²) in [4.78, 5) is 13.0. The maximum atomic E-state index is 13.0. The average molecular weight is 384 g/mol. The van der Waals surface area contributed by atoms with Gasteiger partial charge in [0.2, 0.25) is 5.91 Å². The molecule has 0 fully saturated rings. The second-order valence-corrected chi connectivity index (χ2v) is 7.22. The van der Waals surface area contributed by atoms with Crippen LogP contribution in [0.4, 0.5) is 5.69 Å². The monoisotopic (exact) mass is 383 g/mol. The fourth-order valence-electron chi connectivity index (χ4n) is 3.47. The lowest BCUT2D eigenvalue weighted by atomic mass is 10.0.